The normalized spacial score (nSPS) is 25.1. The fraction of sp³-hybridized carbons (Fsp3) is 0.917. The van der Waals surface area contributed by atoms with E-state index in [2.05, 4.69) is 19.1 Å². The molecule has 0 unspecified atom stereocenters. The van der Waals surface area contributed by atoms with Crippen LogP contribution in [0.5, 0.6) is 0 Å². The molecule has 1 heterocycles. The second-order valence-electron chi connectivity index (χ2n) is 8.39. The molecular formula is C24H46O5. The number of hydrogen-bond acceptors (Lipinski definition) is 5. The van der Waals surface area contributed by atoms with Crippen molar-refractivity contribution in [2.75, 3.05) is 19.8 Å². The maximum absolute atomic E-state index is 10.1. The Labute approximate surface area is 178 Å². The van der Waals surface area contributed by atoms with Crippen LogP contribution in [-0.2, 0) is 9.47 Å². The number of ether oxygens (including phenoxy) is 2. The van der Waals surface area contributed by atoms with Crippen LogP contribution in [-0.4, -0.2) is 59.6 Å². The third kappa shape index (κ3) is 12.7. The second kappa shape index (κ2) is 18.3. The Morgan fingerprint density at radius 3 is 1.97 bits per heavy atom. The predicted molar refractivity (Wildman–Crippen MR) is 118 cm³/mol. The van der Waals surface area contributed by atoms with E-state index in [1.807, 2.05) is 0 Å². The lowest BCUT2D eigenvalue weighted by atomic mass is 10.0. The van der Waals surface area contributed by atoms with Crippen LogP contribution in [0.1, 0.15) is 96.8 Å². The van der Waals surface area contributed by atoms with Gasteiger partial charge in [-0.15, -0.1) is 0 Å². The van der Waals surface area contributed by atoms with Crippen molar-refractivity contribution in [3.8, 4) is 0 Å². The van der Waals surface area contributed by atoms with Crippen molar-refractivity contribution in [2.24, 2.45) is 0 Å². The summed E-state index contributed by atoms with van der Waals surface area (Å²) in [5.74, 6) is 0. The van der Waals surface area contributed by atoms with Gasteiger partial charge in [-0.2, -0.15) is 0 Å². The Morgan fingerprint density at radius 1 is 0.828 bits per heavy atom. The lowest BCUT2D eigenvalue weighted by molar-refractivity contribution is -0.210. The predicted octanol–water partition coefficient (Wildman–Crippen LogP) is 4.52. The molecular weight excluding hydrogens is 368 g/mol. The summed E-state index contributed by atoms with van der Waals surface area (Å²) in [6.45, 7) is 2.62. The smallest absolute Gasteiger partial charge is 0.114 e. The molecule has 1 aliphatic heterocycles. The number of unbranched alkanes of at least 4 members (excludes halogenated alkanes) is 12. The first-order valence-corrected chi connectivity index (χ1v) is 12.1. The van der Waals surface area contributed by atoms with Gasteiger partial charge in [0.15, 0.2) is 0 Å². The average molecular weight is 415 g/mol. The Hall–Kier alpha value is -0.460. The molecule has 0 spiro atoms. The van der Waals surface area contributed by atoms with Crippen molar-refractivity contribution in [2.45, 2.75) is 121 Å². The van der Waals surface area contributed by atoms with Gasteiger partial charge in [0.2, 0.25) is 0 Å². The number of rotatable bonds is 18. The first-order chi connectivity index (χ1) is 14.2. The van der Waals surface area contributed by atoms with Crippen molar-refractivity contribution in [3.05, 3.63) is 12.2 Å². The fourth-order valence-electron chi connectivity index (χ4n) is 3.79. The van der Waals surface area contributed by atoms with E-state index in [9.17, 15) is 10.2 Å². The van der Waals surface area contributed by atoms with Crippen molar-refractivity contribution in [3.63, 3.8) is 0 Å². The molecule has 0 aromatic carbocycles. The standard InChI is InChI=1S/C24H46O5/c1-2-3-4-5-6-7-8-9-10-11-12-13-14-15-16-17-18-28-24-21(26)20-29-22(19-25)23(24)27/h9-10,21-27H,2-8,11-20H2,1H3/b10-9+/t21-,22+,23+,24+/m1/s1. The molecule has 0 aromatic heterocycles. The molecule has 0 amide bonds. The number of hydrogen-bond donors (Lipinski definition) is 3. The van der Waals surface area contributed by atoms with Gasteiger partial charge in [0.05, 0.1) is 13.2 Å². The molecule has 1 aliphatic rings. The monoisotopic (exact) mass is 414 g/mol. The molecule has 0 bridgehead atoms. The van der Waals surface area contributed by atoms with Crippen LogP contribution in [0, 0.1) is 0 Å². The maximum atomic E-state index is 10.1. The maximum Gasteiger partial charge on any atom is 0.114 e. The van der Waals surface area contributed by atoms with Gasteiger partial charge < -0.3 is 24.8 Å². The van der Waals surface area contributed by atoms with E-state index in [1.165, 1.54) is 77.0 Å². The van der Waals surface area contributed by atoms with E-state index in [0.29, 0.717) is 6.61 Å². The Kier molecular flexibility index (Phi) is 16.8. The molecule has 0 radical (unpaired) electrons. The van der Waals surface area contributed by atoms with Gasteiger partial charge in [-0.1, -0.05) is 76.9 Å². The third-order valence-corrected chi connectivity index (χ3v) is 5.72. The van der Waals surface area contributed by atoms with Crippen LogP contribution in [0.3, 0.4) is 0 Å². The minimum atomic E-state index is -0.974. The van der Waals surface area contributed by atoms with E-state index in [4.69, 9.17) is 14.6 Å². The van der Waals surface area contributed by atoms with Crippen molar-refractivity contribution >= 4 is 0 Å². The molecule has 1 rings (SSSR count). The van der Waals surface area contributed by atoms with E-state index in [0.717, 1.165) is 12.8 Å². The average Bonchev–Trinajstić information content (AvgIpc) is 2.72. The molecule has 0 aliphatic carbocycles. The van der Waals surface area contributed by atoms with Crippen LogP contribution >= 0.6 is 0 Å². The van der Waals surface area contributed by atoms with Crippen LogP contribution in [0.2, 0.25) is 0 Å². The molecule has 1 saturated heterocycles. The van der Waals surface area contributed by atoms with E-state index in [-0.39, 0.29) is 13.2 Å². The Morgan fingerprint density at radius 2 is 1.38 bits per heavy atom. The summed E-state index contributed by atoms with van der Waals surface area (Å²) in [6.07, 6.45) is 19.3. The molecule has 5 nitrogen and oxygen atoms in total. The molecule has 172 valence electrons. The summed E-state index contributed by atoms with van der Waals surface area (Å²) in [5.41, 5.74) is 0. The molecule has 4 atom stereocenters. The van der Waals surface area contributed by atoms with Gasteiger partial charge in [0, 0.05) is 6.61 Å². The quantitative estimate of drug-likeness (QED) is 0.227. The molecule has 0 aromatic rings. The van der Waals surface area contributed by atoms with Gasteiger partial charge in [-0.3, -0.25) is 0 Å². The van der Waals surface area contributed by atoms with Crippen LogP contribution < -0.4 is 0 Å². The lowest BCUT2D eigenvalue weighted by Gasteiger charge is -2.37. The first-order valence-electron chi connectivity index (χ1n) is 12.1. The van der Waals surface area contributed by atoms with Gasteiger partial charge in [-0.05, 0) is 32.1 Å². The summed E-state index contributed by atoms with van der Waals surface area (Å²) in [7, 11) is 0. The molecule has 5 heteroatoms. The van der Waals surface area contributed by atoms with Crippen molar-refractivity contribution in [1.82, 2.24) is 0 Å². The van der Waals surface area contributed by atoms with Gasteiger partial charge in [-0.25, -0.2) is 0 Å². The minimum Gasteiger partial charge on any atom is -0.394 e. The van der Waals surface area contributed by atoms with E-state index in [1.54, 1.807) is 0 Å². The zero-order chi connectivity index (χ0) is 21.2. The Bertz CT molecular complexity index is 387. The minimum absolute atomic E-state index is 0.0976. The summed E-state index contributed by atoms with van der Waals surface area (Å²) < 4.78 is 10.8. The molecule has 29 heavy (non-hydrogen) atoms. The highest BCUT2D eigenvalue weighted by molar-refractivity contribution is 4.87. The fourth-order valence-corrected chi connectivity index (χ4v) is 3.79. The van der Waals surface area contributed by atoms with Crippen molar-refractivity contribution < 1.29 is 24.8 Å². The second-order valence-corrected chi connectivity index (χ2v) is 8.39. The van der Waals surface area contributed by atoms with Crippen molar-refractivity contribution in [1.29, 1.82) is 0 Å². The first kappa shape index (κ1) is 26.6. The number of aliphatic hydroxyl groups excluding tert-OH is 3. The lowest BCUT2D eigenvalue weighted by Crippen LogP contribution is -2.55. The summed E-state index contributed by atoms with van der Waals surface area (Å²) in [6, 6.07) is 0. The topological polar surface area (TPSA) is 79.2 Å². The number of allylic oxidation sites excluding steroid dienone is 2. The SMILES string of the molecule is CCCCCCCC/C=C/CCCCCCCCO[C@@H]1[C@@H](O)[C@H](CO)OC[C@H]1O. The van der Waals surface area contributed by atoms with Crippen LogP contribution in [0.4, 0.5) is 0 Å². The highest BCUT2D eigenvalue weighted by Gasteiger charge is 2.38. The van der Waals surface area contributed by atoms with Crippen LogP contribution in [0.15, 0.2) is 12.2 Å². The zero-order valence-electron chi connectivity index (χ0n) is 18.6. The van der Waals surface area contributed by atoms with Crippen LogP contribution in [0.25, 0.3) is 0 Å². The Balaban J connectivity index is 1.87. The zero-order valence-corrected chi connectivity index (χ0v) is 18.6. The summed E-state index contributed by atoms with van der Waals surface area (Å²) in [4.78, 5) is 0. The molecule has 3 N–H and O–H groups in total. The van der Waals surface area contributed by atoms with Gasteiger partial charge in [0.25, 0.3) is 0 Å². The summed E-state index contributed by atoms with van der Waals surface area (Å²) >= 11 is 0. The summed E-state index contributed by atoms with van der Waals surface area (Å²) in [5, 5.41) is 29.1. The van der Waals surface area contributed by atoms with Gasteiger partial charge in [0.1, 0.15) is 24.4 Å². The third-order valence-electron chi connectivity index (χ3n) is 5.72. The largest absolute Gasteiger partial charge is 0.394 e. The van der Waals surface area contributed by atoms with E-state index < -0.39 is 24.4 Å². The number of aliphatic hydroxyl groups is 3. The van der Waals surface area contributed by atoms with E-state index >= 15 is 0 Å². The molecule has 0 saturated carbocycles. The van der Waals surface area contributed by atoms with Gasteiger partial charge >= 0.3 is 0 Å². The molecule has 1 fully saturated rings. The highest BCUT2D eigenvalue weighted by atomic mass is 16.6. The highest BCUT2D eigenvalue weighted by Crippen LogP contribution is 2.19.